The summed E-state index contributed by atoms with van der Waals surface area (Å²) in [6.07, 6.45) is 0. The fourth-order valence-corrected chi connectivity index (χ4v) is 6.29. The minimum absolute atomic E-state index is 0.435. The van der Waals surface area contributed by atoms with Crippen LogP contribution in [0.2, 0.25) is 0 Å². The number of hydrogen-bond acceptors (Lipinski definition) is 2. The molecule has 0 spiro atoms. The average Bonchev–Trinajstić information content (AvgIpc) is 2.70. The van der Waals surface area contributed by atoms with Crippen LogP contribution in [0.3, 0.4) is 0 Å². The molecule has 0 unspecified atom stereocenters. The molecule has 2 nitrogen and oxygen atoms in total. The summed E-state index contributed by atoms with van der Waals surface area (Å²) in [4.78, 5) is 4.62. The molecule has 32 heavy (non-hydrogen) atoms. The van der Waals surface area contributed by atoms with Gasteiger partial charge in [0.05, 0.1) is 0 Å². The Kier molecular flexibility index (Phi) is 8.91. The molecule has 0 aliphatic carbocycles. The van der Waals surface area contributed by atoms with Gasteiger partial charge in [0.25, 0.3) is 0 Å². The molecule has 2 rings (SSSR count). The van der Waals surface area contributed by atoms with Gasteiger partial charge in [0.2, 0.25) is 0 Å². The SMILES string of the molecule is BP(c1cc(C(C)C)c(N(C)C)c(C(C)C)c1)c1cc(C(C)C)c(N(C)C)c(C(C)C)c1. The van der Waals surface area contributed by atoms with Crippen LogP contribution in [0.1, 0.15) is 101 Å². The highest BCUT2D eigenvalue weighted by atomic mass is 31.1. The van der Waals surface area contributed by atoms with Crippen molar-refractivity contribution in [1.82, 2.24) is 0 Å². The quantitative estimate of drug-likeness (QED) is 0.343. The van der Waals surface area contributed by atoms with Crippen molar-refractivity contribution in [1.29, 1.82) is 0 Å². The Hall–Kier alpha value is -1.47. The van der Waals surface area contributed by atoms with Crippen LogP contribution in [0, 0.1) is 0 Å². The average molecular weight is 452 g/mol. The molecule has 2 aromatic rings. The van der Waals surface area contributed by atoms with Gasteiger partial charge in [-0.25, -0.2) is 0 Å². The first kappa shape index (κ1) is 26.8. The van der Waals surface area contributed by atoms with Gasteiger partial charge < -0.3 is 9.80 Å². The molecule has 0 aromatic heterocycles. The maximum absolute atomic E-state index is 2.50. The van der Waals surface area contributed by atoms with E-state index in [9.17, 15) is 0 Å². The first-order valence-corrected chi connectivity index (χ1v) is 14.0. The molecule has 0 fully saturated rings. The summed E-state index contributed by atoms with van der Waals surface area (Å²) in [5, 5.41) is 3.00. The third-order valence-electron chi connectivity index (χ3n) is 6.46. The van der Waals surface area contributed by atoms with Gasteiger partial charge in [0.15, 0.2) is 0 Å². The molecule has 0 saturated carbocycles. The van der Waals surface area contributed by atoms with Crippen LogP contribution >= 0.6 is 7.80 Å². The van der Waals surface area contributed by atoms with Crippen LogP contribution in [0.15, 0.2) is 24.3 Å². The summed E-state index contributed by atoms with van der Waals surface area (Å²) in [7, 11) is 10.8. The zero-order valence-corrected chi connectivity index (χ0v) is 23.9. The smallest absolute Gasteiger partial charge is 0.145 e. The van der Waals surface area contributed by atoms with Gasteiger partial charge in [-0.05, 0) is 80.8 Å². The second-order valence-electron chi connectivity index (χ2n) is 10.9. The van der Waals surface area contributed by atoms with Gasteiger partial charge in [-0.3, -0.25) is 0 Å². The van der Waals surface area contributed by atoms with Crippen LogP contribution in [-0.2, 0) is 0 Å². The summed E-state index contributed by atoms with van der Waals surface area (Å²) in [6, 6.07) is 10.0. The first-order chi connectivity index (χ1) is 14.8. The first-order valence-electron chi connectivity index (χ1n) is 12.2. The Balaban J connectivity index is 2.78. The second kappa shape index (κ2) is 10.6. The van der Waals surface area contributed by atoms with Crippen LogP contribution in [0.5, 0.6) is 0 Å². The van der Waals surface area contributed by atoms with Crippen molar-refractivity contribution in [3.05, 3.63) is 46.5 Å². The Labute approximate surface area is 200 Å². The molecule has 0 bridgehead atoms. The van der Waals surface area contributed by atoms with Crippen molar-refractivity contribution in [3.8, 4) is 0 Å². The standard InChI is InChI=1S/C28H46BN2P/c1-17(2)23-13-21(14-24(18(3)4)27(23)30(9)10)32(29)22-15-25(19(5)6)28(31(11)12)26(16-22)20(7)8/h13-20H,29H2,1-12H3. The number of nitrogens with zero attached hydrogens (tertiary/aromatic N) is 2. The van der Waals surface area contributed by atoms with Crippen LogP contribution in [-0.4, -0.2) is 35.8 Å². The lowest BCUT2D eigenvalue weighted by Gasteiger charge is -2.30. The Morgan fingerprint density at radius 2 is 0.750 bits per heavy atom. The maximum atomic E-state index is 2.50. The highest BCUT2D eigenvalue weighted by Gasteiger charge is 2.23. The van der Waals surface area contributed by atoms with Gasteiger partial charge in [0.1, 0.15) is 7.57 Å². The van der Waals surface area contributed by atoms with E-state index in [1.165, 1.54) is 44.2 Å². The molecule has 0 N–H and O–H groups in total. The molecular formula is C28H46BN2P. The molecular weight excluding hydrogens is 406 g/mol. The third-order valence-corrected chi connectivity index (χ3v) is 8.53. The van der Waals surface area contributed by atoms with E-state index in [0.29, 0.717) is 23.7 Å². The lowest BCUT2D eigenvalue weighted by Crippen LogP contribution is -2.22. The predicted molar refractivity (Wildman–Crippen MR) is 153 cm³/mol. The fourth-order valence-electron chi connectivity index (χ4n) is 4.66. The van der Waals surface area contributed by atoms with Gasteiger partial charge in [0, 0.05) is 39.6 Å². The second-order valence-corrected chi connectivity index (χ2v) is 13.1. The Morgan fingerprint density at radius 1 is 0.531 bits per heavy atom. The van der Waals surface area contributed by atoms with Crippen molar-refractivity contribution in [2.45, 2.75) is 79.1 Å². The van der Waals surface area contributed by atoms with Gasteiger partial charge >= 0.3 is 0 Å². The monoisotopic (exact) mass is 452 g/mol. The summed E-state index contributed by atoms with van der Waals surface area (Å²) in [6.45, 7) is 18.6. The summed E-state index contributed by atoms with van der Waals surface area (Å²) in [5.41, 5.74) is 8.73. The highest BCUT2D eigenvalue weighted by molar-refractivity contribution is 7.94. The van der Waals surface area contributed by atoms with Crippen molar-refractivity contribution in [3.63, 3.8) is 0 Å². The molecule has 4 heteroatoms. The van der Waals surface area contributed by atoms with E-state index in [4.69, 9.17) is 0 Å². The Bertz CT molecular complexity index is 796. The summed E-state index contributed by atoms with van der Waals surface area (Å²) < 4.78 is 0. The van der Waals surface area contributed by atoms with Crippen molar-refractivity contribution in [2.24, 2.45) is 0 Å². The molecule has 0 aliphatic heterocycles. The highest BCUT2D eigenvalue weighted by Crippen LogP contribution is 2.41. The summed E-state index contributed by atoms with van der Waals surface area (Å²) >= 11 is 0. The lowest BCUT2D eigenvalue weighted by atomic mass is 9.92. The van der Waals surface area contributed by atoms with E-state index in [2.05, 4.69) is 125 Å². The Morgan fingerprint density at radius 3 is 0.906 bits per heavy atom. The molecule has 0 radical (unpaired) electrons. The van der Waals surface area contributed by atoms with E-state index < -0.39 is 7.80 Å². The normalized spacial score (nSPS) is 12.0. The minimum atomic E-state index is -0.435. The topological polar surface area (TPSA) is 6.48 Å². The maximum Gasteiger partial charge on any atom is 0.145 e. The third kappa shape index (κ3) is 5.53. The van der Waals surface area contributed by atoms with E-state index in [1.807, 2.05) is 0 Å². The lowest BCUT2D eigenvalue weighted by molar-refractivity contribution is 0.824. The van der Waals surface area contributed by atoms with Crippen molar-refractivity contribution < 1.29 is 0 Å². The van der Waals surface area contributed by atoms with Gasteiger partial charge in [-0.1, -0.05) is 63.2 Å². The van der Waals surface area contributed by atoms with E-state index in [0.717, 1.165) is 0 Å². The van der Waals surface area contributed by atoms with E-state index >= 15 is 0 Å². The number of hydrogen-bond donors (Lipinski definition) is 0. The largest absolute Gasteiger partial charge is 0.377 e. The zero-order valence-electron chi connectivity index (χ0n) is 23.0. The zero-order chi connectivity index (χ0) is 24.5. The number of rotatable bonds is 8. The van der Waals surface area contributed by atoms with Gasteiger partial charge in [-0.2, -0.15) is 0 Å². The minimum Gasteiger partial charge on any atom is -0.377 e. The molecule has 0 heterocycles. The van der Waals surface area contributed by atoms with Gasteiger partial charge in [-0.15, -0.1) is 0 Å². The summed E-state index contributed by atoms with van der Waals surface area (Å²) in [5.74, 6) is 2.01. The molecule has 0 saturated heterocycles. The van der Waals surface area contributed by atoms with E-state index in [1.54, 1.807) is 0 Å². The van der Waals surface area contributed by atoms with Crippen LogP contribution in [0.25, 0.3) is 0 Å². The van der Waals surface area contributed by atoms with Crippen LogP contribution in [0.4, 0.5) is 11.4 Å². The predicted octanol–water partition coefficient (Wildman–Crippen LogP) is 6.29. The number of benzene rings is 2. The molecule has 2 aromatic carbocycles. The molecule has 176 valence electrons. The number of anilines is 2. The molecule has 0 amide bonds. The van der Waals surface area contributed by atoms with Crippen molar-refractivity contribution in [2.75, 3.05) is 38.0 Å². The molecule has 0 atom stereocenters. The van der Waals surface area contributed by atoms with E-state index in [-0.39, 0.29) is 0 Å². The fraction of sp³-hybridized carbons (Fsp3) is 0.571. The molecule has 0 aliphatic rings. The van der Waals surface area contributed by atoms with Crippen LogP contribution < -0.4 is 20.4 Å². The van der Waals surface area contributed by atoms with Crippen molar-refractivity contribution >= 4 is 37.3 Å².